The van der Waals surface area contributed by atoms with Crippen molar-refractivity contribution >= 4 is 5.91 Å². The average molecular weight is 329 g/mol. The Hall–Kier alpha value is -1.35. The van der Waals surface area contributed by atoms with E-state index in [9.17, 15) is 4.79 Å². The van der Waals surface area contributed by atoms with Gasteiger partial charge in [0, 0.05) is 12.6 Å². The van der Waals surface area contributed by atoms with Crippen molar-refractivity contribution in [3.05, 3.63) is 35.4 Å². The number of rotatable bonds is 5. The van der Waals surface area contributed by atoms with Crippen LogP contribution < -0.4 is 10.6 Å². The Bertz CT molecular complexity index is 549. The summed E-state index contributed by atoms with van der Waals surface area (Å²) in [6.45, 7) is 5.26. The Morgan fingerprint density at radius 2 is 1.88 bits per heavy atom. The molecule has 132 valence electrons. The van der Waals surface area contributed by atoms with Gasteiger partial charge in [-0.1, -0.05) is 70.2 Å². The Morgan fingerprint density at radius 3 is 2.58 bits per heavy atom. The normalized spacial score (nSPS) is 22.9. The van der Waals surface area contributed by atoms with Crippen LogP contribution in [0.25, 0.3) is 0 Å². The first-order chi connectivity index (χ1) is 11.6. The van der Waals surface area contributed by atoms with Gasteiger partial charge in [-0.3, -0.25) is 4.79 Å². The Balaban J connectivity index is 1.57. The number of amides is 1. The highest BCUT2D eigenvalue weighted by molar-refractivity contribution is 5.82. The lowest BCUT2D eigenvalue weighted by Crippen LogP contribution is -2.52. The Labute approximate surface area is 146 Å². The summed E-state index contributed by atoms with van der Waals surface area (Å²) < 4.78 is 0. The van der Waals surface area contributed by atoms with Gasteiger partial charge in [-0.25, -0.2) is 0 Å². The van der Waals surface area contributed by atoms with Crippen LogP contribution in [0.2, 0.25) is 0 Å². The molecule has 3 nitrogen and oxygen atoms in total. The number of benzene rings is 1. The summed E-state index contributed by atoms with van der Waals surface area (Å²) >= 11 is 0. The Morgan fingerprint density at radius 1 is 1.17 bits per heavy atom. The van der Waals surface area contributed by atoms with E-state index in [1.54, 1.807) is 0 Å². The van der Waals surface area contributed by atoms with Crippen LogP contribution in [0.1, 0.15) is 63.5 Å². The standard InChI is InChI=1S/C21H32N2O/c1-15(2)19(12-16-8-4-3-5-9-16)23-21(24)20-13-17-10-6-7-11-18(17)14-22-20/h6-7,10-11,15-16,19-20,22H,3-5,8-9,12-14H2,1-2H3,(H,23,24)/t19?,20-/m1/s1. The van der Waals surface area contributed by atoms with Crippen LogP contribution in [0.4, 0.5) is 0 Å². The van der Waals surface area contributed by atoms with Crippen molar-refractivity contribution in [2.24, 2.45) is 11.8 Å². The maximum absolute atomic E-state index is 12.8. The lowest BCUT2D eigenvalue weighted by atomic mass is 9.82. The van der Waals surface area contributed by atoms with Gasteiger partial charge in [0.25, 0.3) is 0 Å². The number of hydrogen-bond donors (Lipinski definition) is 2. The zero-order valence-electron chi connectivity index (χ0n) is 15.2. The van der Waals surface area contributed by atoms with E-state index in [-0.39, 0.29) is 11.9 Å². The summed E-state index contributed by atoms with van der Waals surface area (Å²) in [6.07, 6.45) is 8.75. The molecule has 24 heavy (non-hydrogen) atoms. The van der Waals surface area contributed by atoms with Crippen molar-refractivity contribution in [1.82, 2.24) is 10.6 Å². The molecule has 0 spiro atoms. The third-order valence-electron chi connectivity index (χ3n) is 5.84. The monoisotopic (exact) mass is 328 g/mol. The smallest absolute Gasteiger partial charge is 0.237 e. The minimum Gasteiger partial charge on any atom is -0.352 e. The molecule has 3 rings (SSSR count). The summed E-state index contributed by atoms with van der Waals surface area (Å²) in [7, 11) is 0. The van der Waals surface area contributed by atoms with Gasteiger partial charge in [0.2, 0.25) is 5.91 Å². The van der Waals surface area contributed by atoms with E-state index in [0.29, 0.717) is 12.0 Å². The molecule has 2 N–H and O–H groups in total. The molecule has 1 aliphatic heterocycles. The lowest BCUT2D eigenvalue weighted by molar-refractivity contribution is -0.124. The van der Waals surface area contributed by atoms with Crippen LogP contribution in [0.5, 0.6) is 0 Å². The molecule has 2 atom stereocenters. The molecule has 2 aliphatic rings. The molecule has 1 aliphatic carbocycles. The van der Waals surface area contributed by atoms with Gasteiger partial charge in [0.1, 0.15) is 0 Å². The highest BCUT2D eigenvalue weighted by Crippen LogP contribution is 2.29. The maximum atomic E-state index is 12.8. The van der Waals surface area contributed by atoms with E-state index in [0.717, 1.165) is 25.3 Å². The number of hydrogen-bond acceptors (Lipinski definition) is 2. The molecule has 1 aromatic rings. The molecule has 1 unspecified atom stereocenters. The third kappa shape index (κ3) is 4.38. The molecule has 0 saturated heterocycles. The summed E-state index contributed by atoms with van der Waals surface area (Å²) in [5.74, 6) is 1.47. The molecular formula is C21H32N2O. The second-order valence-electron chi connectivity index (χ2n) is 8.01. The van der Waals surface area contributed by atoms with Crippen molar-refractivity contribution in [2.75, 3.05) is 0 Å². The maximum Gasteiger partial charge on any atom is 0.237 e. The lowest BCUT2D eigenvalue weighted by Gasteiger charge is -2.32. The topological polar surface area (TPSA) is 41.1 Å². The van der Waals surface area contributed by atoms with Gasteiger partial charge in [-0.15, -0.1) is 0 Å². The zero-order valence-corrected chi connectivity index (χ0v) is 15.2. The van der Waals surface area contributed by atoms with Crippen molar-refractivity contribution < 1.29 is 4.79 Å². The second kappa shape index (κ2) is 8.15. The van der Waals surface area contributed by atoms with Gasteiger partial charge < -0.3 is 10.6 Å². The SMILES string of the molecule is CC(C)C(CC1CCCCC1)NC(=O)[C@H]1Cc2ccccc2CN1. The van der Waals surface area contributed by atoms with E-state index in [1.807, 2.05) is 0 Å². The highest BCUT2D eigenvalue weighted by Gasteiger charge is 2.28. The Kier molecular flexibility index (Phi) is 5.94. The summed E-state index contributed by atoms with van der Waals surface area (Å²) in [6, 6.07) is 8.65. The number of carbonyl (C=O) groups excluding carboxylic acids is 1. The van der Waals surface area contributed by atoms with E-state index in [2.05, 4.69) is 48.7 Å². The van der Waals surface area contributed by atoms with Crippen LogP contribution in [-0.2, 0) is 17.8 Å². The van der Waals surface area contributed by atoms with E-state index in [4.69, 9.17) is 0 Å². The molecule has 0 bridgehead atoms. The van der Waals surface area contributed by atoms with Crippen molar-refractivity contribution in [3.63, 3.8) is 0 Å². The predicted octanol–water partition coefficient (Wildman–Crippen LogP) is 3.81. The van der Waals surface area contributed by atoms with Gasteiger partial charge in [-0.05, 0) is 35.8 Å². The number of fused-ring (bicyclic) bond motifs is 1. The zero-order chi connectivity index (χ0) is 16.9. The average Bonchev–Trinajstić information content (AvgIpc) is 2.61. The van der Waals surface area contributed by atoms with Gasteiger partial charge in [0.15, 0.2) is 0 Å². The van der Waals surface area contributed by atoms with Crippen LogP contribution in [-0.4, -0.2) is 18.0 Å². The fourth-order valence-electron chi connectivity index (χ4n) is 4.20. The van der Waals surface area contributed by atoms with E-state index >= 15 is 0 Å². The highest BCUT2D eigenvalue weighted by atomic mass is 16.2. The van der Waals surface area contributed by atoms with Crippen LogP contribution in [0.3, 0.4) is 0 Å². The summed E-state index contributed by atoms with van der Waals surface area (Å²) in [5, 5.41) is 6.77. The molecule has 1 saturated carbocycles. The predicted molar refractivity (Wildman–Crippen MR) is 98.7 cm³/mol. The molecule has 3 heteroatoms. The van der Waals surface area contributed by atoms with Crippen molar-refractivity contribution in [1.29, 1.82) is 0 Å². The fraction of sp³-hybridized carbons (Fsp3) is 0.667. The minimum absolute atomic E-state index is 0.0903. The molecule has 1 fully saturated rings. The van der Waals surface area contributed by atoms with Gasteiger partial charge in [-0.2, -0.15) is 0 Å². The van der Waals surface area contributed by atoms with E-state index in [1.165, 1.54) is 43.2 Å². The molecule has 1 heterocycles. The molecule has 0 radical (unpaired) electrons. The van der Waals surface area contributed by atoms with Crippen molar-refractivity contribution in [2.45, 2.75) is 77.4 Å². The molecule has 0 aromatic heterocycles. The minimum atomic E-state index is -0.0903. The molecule has 1 amide bonds. The van der Waals surface area contributed by atoms with E-state index < -0.39 is 0 Å². The van der Waals surface area contributed by atoms with Crippen LogP contribution in [0.15, 0.2) is 24.3 Å². The molecular weight excluding hydrogens is 296 g/mol. The largest absolute Gasteiger partial charge is 0.352 e. The molecule has 1 aromatic carbocycles. The quantitative estimate of drug-likeness (QED) is 0.863. The number of carbonyl (C=O) groups is 1. The first-order valence-electron chi connectivity index (χ1n) is 9.74. The summed E-state index contributed by atoms with van der Waals surface area (Å²) in [4.78, 5) is 12.8. The van der Waals surface area contributed by atoms with Gasteiger partial charge >= 0.3 is 0 Å². The third-order valence-corrected chi connectivity index (χ3v) is 5.84. The van der Waals surface area contributed by atoms with Gasteiger partial charge in [0.05, 0.1) is 6.04 Å². The fourth-order valence-corrected chi connectivity index (χ4v) is 4.20. The summed E-state index contributed by atoms with van der Waals surface area (Å²) in [5.41, 5.74) is 2.63. The van der Waals surface area contributed by atoms with Crippen LogP contribution >= 0.6 is 0 Å². The first-order valence-corrected chi connectivity index (χ1v) is 9.74. The van der Waals surface area contributed by atoms with Crippen LogP contribution in [0, 0.1) is 11.8 Å². The number of nitrogens with one attached hydrogen (secondary N) is 2. The second-order valence-corrected chi connectivity index (χ2v) is 8.01. The first kappa shape index (κ1) is 17.5. The van der Waals surface area contributed by atoms with Crippen molar-refractivity contribution in [3.8, 4) is 0 Å².